The maximum absolute atomic E-state index is 14.5. The second-order valence-corrected chi connectivity index (χ2v) is 7.05. The minimum atomic E-state index is -0.865. The Bertz CT molecular complexity index is 715. The van der Waals surface area contributed by atoms with Crippen molar-refractivity contribution in [2.24, 2.45) is 11.8 Å². The third kappa shape index (κ3) is 3.19. The molecule has 1 saturated carbocycles. The second-order valence-electron chi connectivity index (χ2n) is 7.05. The summed E-state index contributed by atoms with van der Waals surface area (Å²) in [5, 5.41) is 1.06. The molecule has 2 aromatic carbocycles. The number of rotatable bonds is 3. The zero-order chi connectivity index (χ0) is 16.6. The molecule has 3 heteroatoms. The first-order valence-corrected chi connectivity index (χ1v) is 8.48. The lowest BCUT2D eigenvalue weighted by molar-refractivity contribution is 0.182. The van der Waals surface area contributed by atoms with Gasteiger partial charge in [-0.15, -0.1) is 0 Å². The van der Waals surface area contributed by atoms with Gasteiger partial charge in [-0.1, -0.05) is 31.9 Å². The molecular formula is C20H24F2O. The minimum Gasteiger partial charge on any atom is -0.490 e. The fourth-order valence-electron chi connectivity index (χ4n) is 3.48. The molecule has 0 bridgehead atoms. The highest BCUT2D eigenvalue weighted by Gasteiger charge is 2.21. The maximum atomic E-state index is 14.5. The van der Waals surface area contributed by atoms with Crippen LogP contribution in [0.3, 0.4) is 0 Å². The summed E-state index contributed by atoms with van der Waals surface area (Å²) in [5.74, 6) is -0.403. The van der Waals surface area contributed by atoms with Gasteiger partial charge in [0, 0.05) is 5.39 Å². The van der Waals surface area contributed by atoms with Crippen molar-refractivity contribution in [3.63, 3.8) is 0 Å². The monoisotopic (exact) mass is 318 g/mol. The van der Waals surface area contributed by atoms with Crippen LogP contribution in [0.5, 0.6) is 5.75 Å². The zero-order valence-corrected chi connectivity index (χ0v) is 14.1. The van der Waals surface area contributed by atoms with Crippen LogP contribution in [0.1, 0.15) is 43.7 Å². The first-order chi connectivity index (χ1) is 11.0. The van der Waals surface area contributed by atoms with E-state index in [0.717, 1.165) is 29.9 Å². The van der Waals surface area contributed by atoms with Gasteiger partial charge in [-0.3, -0.25) is 0 Å². The van der Waals surface area contributed by atoms with Crippen molar-refractivity contribution in [3.05, 3.63) is 41.0 Å². The molecular weight excluding hydrogens is 294 g/mol. The molecule has 0 radical (unpaired) electrons. The molecule has 0 aliphatic heterocycles. The normalized spacial score (nSPS) is 21.6. The molecule has 1 aliphatic rings. The maximum Gasteiger partial charge on any atom is 0.201 e. The average Bonchev–Trinajstić information content (AvgIpc) is 2.54. The van der Waals surface area contributed by atoms with E-state index in [2.05, 4.69) is 6.92 Å². The van der Waals surface area contributed by atoms with E-state index in [0.29, 0.717) is 23.3 Å². The lowest BCUT2D eigenvalue weighted by Gasteiger charge is -2.26. The molecule has 2 aromatic rings. The number of fused-ring (bicyclic) bond motifs is 1. The molecule has 1 aliphatic carbocycles. The van der Waals surface area contributed by atoms with Crippen LogP contribution in [-0.4, -0.2) is 6.61 Å². The van der Waals surface area contributed by atoms with Gasteiger partial charge in [-0.2, -0.15) is 4.39 Å². The summed E-state index contributed by atoms with van der Waals surface area (Å²) in [6.45, 7) is 6.46. The van der Waals surface area contributed by atoms with E-state index in [4.69, 9.17) is 4.74 Å². The summed E-state index contributed by atoms with van der Waals surface area (Å²) >= 11 is 0. The Morgan fingerprint density at radius 3 is 2.43 bits per heavy atom. The summed E-state index contributed by atoms with van der Waals surface area (Å²) in [5.41, 5.74) is 1.74. The van der Waals surface area contributed by atoms with Crippen molar-refractivity contribution < 1.29 is 13.5 Å². The van der Waals surface area contributed by atoms with Crippen molar-refractivity contribution in [2.45, 2.75) is 46.5 Å². The number of ether oxygens (including phenoxy) is 1. The summed E-state index contributed by atoms with van der Waals surface area (Å²) in [7, 11) is 0. The fraction of sp³-hybridized carbons (Fsp3) is 0.500. The molecule has 0 spiro atoms. The highest BCUT2D eigenvalue weighted by atomic mass is 19.2. The SMILES string of the molecule is Cc1ccc2cc(OCC3CCC(C)CC3)c(F)c(F)c2c1C. The molecule has 0 unspecified atom stereocenters. The van der Waals surface area contributed by atoms with Crippen LogP contribution in [0.25, 0.3) is 10.8 Å². The van der Waals surface area contributed by atoms with E-state index in [1.165, 1.54) is 12.8 Å². The van der Waals surface area contributed by atoms with Crippen molar-refractivity contribution in [1.82, 2.24) is 0 Å². The molecule has 0 atom stereocenters. The Labute approximate surface area is 136 Å². The molecule has 1 fully saturated rings. The molecule has 0 heterocycles. The predicted molar refractivity (Wildman–Crippen MR) is 90.0 cm³/mol. The van der Waals surface area contributed by atoms with Crippen molar-refractivity contribution in [1.29, 1.82) is 0 Å². The number of hydrogen-bond donors (Lipinski definition) is 0. The first-order valence-electron chi connectivity index (χ1n) is 8.48. The van der Waals surface area contributed by atoms with E-state index in [-0.39, 0.29) is 5.75 Å². The minimum absolute atomic E-state index is 0.0388. The smallest absolute Gasteiger partial charge is 0.201 e. The van der Waals surface area contributed by atoms with Gasteiger partial charge in [-0.25, -0.2) is 4.39 Å². The van der Waals surface area contributed by atoms with Crippen molar-refractivity contribution in [3.8, 4) is 5.75 Å². The van der Waals surface area contributed by atoms with Crippen LogP contribution in [0.15, 0.2) is 18.2 Å². The summed E-state index contributed by atoms with van der Waals surface area (Å²) in [6, 6.07) is 5.39. The van der Waals surface area contributed by atoms with E-state index >= 15 is 0 Å². The Morgan fingerprint density at radius 2 is 1.74 bits per heavy atom. The van der Waals surface area contributed by atoms with Gasteiger partial charge in [-0.05, 0) is 61.1 Å². The lowest BCUT2D eigenvalue weighted by Crippen LogP contribution is -2.19. The molecule has 0 N–H and O–H groups in total. The summed E-state index contributed by atoms with van der Waals surface area (Å²) in [4.78, 5) is 0. The van der Waals surface area contributed by atoms with Crippen LogP contribution in [0.4, 0.5) is 8.78 Å². The van der Waals surface area contributed by atoms with E-state index in [1.807, 2.05) is 26.0 Å². The molecule has 0 amide bonds. The summed E-state index contributed by atoms with van der Waals surface area (Å²) < 4.78 is 34.5. The van der Waals surface area contributed by atoms with E-state index < -0.39 is 11.6 Å². The Balaban J connectivity index is 1.84. The van der Waals surface area contributed by atoms with Crippen LogP contribution in [0, 0.1) is 37.3 Å². The molecule has 23 heavy (non-hydrogen) atoms. The Morgan fingerprint density at radius 1 is 1.04 bits per heavy atom. The van der Waals surface area contributed by atoms with Gasteiger partial charge < -0.3 is 4.74 Å². The highest BCUT2D eigenvalue weighted by Crippen LogP contribution is 2.33. The van der Waals surface area contributed by atoms with Crippen LogP contribution >= 0.6 is 0 Å². The van der Waals surface area contributed by atoms with Crippen LogP contribution in [0.2, 0.25) is 0 Å². The zero-order valence-electron chi connectivity index (χ0n) is 14.1. The van der Waals surface area contributed by atoms with E-state index in [9.17, 15) is 8.78 Å². The van der Waals surface area contributed by atoms with Gasteiger partial charge in [0.2, 0.25) is 5.82 Å². The lowest BCUT2D eigenvalue weighted by atomic mass is 9.83. The molecule has 124 valence electrons. The fourth-order valence-corrected chi connectivity index (χ4v) is 3.48. The average molecular weight is 318 g/mol. The largest absolute Gasteiger partial charge is 0.490 e. The van der Waals surface area contributed by atoms with Gasteiger partial charge in [0.15, 0.2) is 11.6 Å². The van der Waals surface area contributed by atoms with Crippen molar-refractivity contribution >= 4 is 10.8 Å². The first kappa shape index (κ1) is 16.2. The van der Waals surface area contributed by atoms with Gasteiger partial charge in [0.25, 0.3) is 0 Å². The molecule has 0 saturated heterocycles. The van der Waals surface area contributed by atoms with Crippen LogP contribution < -0.4 is 4.74 Å². The third-order valence-corrected chi connectivity index (χ3v) is 5.29. The topological polar surface area (TPSA) is 9.23 Å². The third-order valence-electron chi connectivity index (χ3n) is 5.29. The molecule has 3 rings (SSSR count). The van der Waals surface area contributed by atoms with Gasteiger partial charge >= 0.3 is 0 Å². The second kappa shape index (κ2) is 6.46. The highest BCUT2D eigenvalue weighted by molar-refractivity contribution is 5.88. The van der Waals surface area contributed by atoms with Gasteiger partial charge in [0.1, 0.15) is 0 Å². The number of aryl methyl sites for hydroxylation is 2. The Hall–Kier alpha value is -1.64. The Kier molecular flexibility index (Phi) is 4.56. The van der Waals surface area contributed by atoms with E-state index in [1.54, 1.807) is 6.07 Å². The predicted octanol–water partition coefficient (Wildman–Crippen LogP) is 5.94. The molecule has 0 aromatic heterocycles. The number of halogens is 2. The standard InChI is InChI=1S/C20H24F2O/c1-12-4-7-15(8-5-12)11-23-17-10-16-9-6-13(2)14(3)18(16)20(22)19(17)21/h6,9-10,12,15H,4-5,7-8,11H2,1-3H3. The number of hydrogen-bond acceptors (Lipinski definition) is 1. The van der Waals surface area contributed by atoms with Crippen molar-refractivity contribution in [2.75, 3.05) is 6.61 Å². The van der Waals surface area contributed by atoms with Crippen LogP contribution in [-0.2, 0) is 0 Å². The van der Waals surface area contributed by atoms with Gasteiger partial charge in [0.05, 0.1) is 6.61 Å². The summed E-state index contributed by atoms with van der Waals surface area (Å²) in [6.07, 6.45) is 4.61. The number of benzene rings is 2. The quantitative estimate of drug-likeness (QED) is 0.680. The molecule has 1 nitrogen and oxygen atoms in total.